The topological polar surface area (TPSA) is 117 Å². The molecular weight excluding hydrogens is 550 g/mol. The van der Waals surface area contributed by atoms with Gasteiger partial charge in [-0.05, 0) is 60.4 Å². The summed E-state index contributed by atoms with van der Waals surface area (Å²) in [6.45, 7) is 0.170. The van der Waals surface area contributed by atoms with Crippen LogP contribution in [0, 0.1) is 0 Å². The minimum absolute atomic E-state index is 0.0469. The number of carbonyl (C=O) groups excluding carboxylic acids is 2. The van der Waals surface area contributed by atoms with E-state index in [2.05, 4.69) is 15.6 Å². The smallest absolute Gasteiger partial charge is 0.247 e. The number of methoxy groups -OCH3 is 2. The van der Waals surface area contributed by atoms with E-state index >= 15 is 0 Å². The summed E-state index contributed by atoms with van der Waals surface area (Å²) in [7, 11) is 3.10. The van der Waals surface area contributed by atoms with Gasteiger partial charge in [0.15, 0.2) is 23.0 Å². The first-order valence-corrected chi connectivity index (χ1v) is 14.5. The zero-order valence-corrected chi connectivity index (χ0v) is 24.3. The minimum atomic E-state index is -0.963. The first-order chi connectivity index (χ1) is 21.0. The molecule has 2 aliphatic rings. The monoisotopic (exact) mass is 585 g/mol. The number of aromatic nitrogens is 3. The van der Waals surface area contributed by atoms with Crippen LogP contribution in [0.5, 0.6) is 23.0 Å². The van der Waals surface area contributed by atoms with Gasteiger partial charge in [-0.3, -0.25) is 9.59 Å². The number of ether oxygens (including phenoxy) is 4. The fraction of sp³-hybridized carbons (Fsp3) is 0.375. The van der Waals surface area contributed by atoms with E-state index in [0.29, 0.717) is 34.1 Å². The molecule has 0 spiro atoms. The standard InChI is InChI=1S/C32H35N5O6/c1-40-26-15-13-22(17-28(26)41-2)31(32(39)33-23-8-4-3-5-9-23)36(18-21-12-14-27-29(16-21)43-20-42-27)30(38)19-37-25-11-7-6-10-24(25)34-35-37/h6-7,10-17,23,31H,3-5,8-9,18-20H2,1-2H3,(H,33,39). The first kappa shape index (κ1) is 28.3. The van der Waals surface area contributed by atoms with Crippen molar-refractivity contribution >= 4 is 22.8 Å². The van der Waals surface area contributed by atoms with Crippen LogP contribution in [0.1, 0.15) is 49.3 Å². The van der Waals surface area contributed by atoms with Gasteiger partial charge in [-0.2, -0.15) is 0 Å². The predicted molar refractivity (Wildman–Crippen MR) is 158 cm³/mol. The third-order valence-electron chi connectivity index (χ3n) is 8.05. The summed E-state index contributed by atoms with van der Waals surface area (Å²) in [5.41, 5.74) is 2.80. The zero-order chi connectivity index (χ0) is 29.8. The van der Waals surface area contributed by atoms with Crippen LogP contribution in [0.3, 0.4) is 0 Å². The average molecular weight is 586 g/mol. The Labute approximate surface area is 249 Å². The number of amides is 2. The maximum atomic E-state index is 14.3. The molecule has 1 aliphatic heterocycles. The molecule has 1 aliphatic carbocycles. The number of hydrogen-bond acceptors (Lipinski definition) is 8. The normalized spacial score (nSPS) is 15.2. The van der Waals surface area contributed by atoms with E-state index in [4.69, 9.17) is 18.9 Å². The van der Waals surface area contributed by atoms with Gasteiger partial charge in [-0.1, -0.05) is 48.7 Å². The van der Waals surface area contributed by atoms with Crippen molar-refractivity contribution in [2.75, 3.05) is 21.0 Å². The molecule has 11 nitrogen and oxygen atoms in total. The van der Waals surface area contributed by atoms with Gasteiger partial charge in [0, 0.05) is 12.6 Å². The van der Waals surface area contributed by atoms with Crippen LogP contribution in [0.25, 0.3) is 11.0 Å². The maximum Gasteiger partial charge on any atom is 0.247 e. The van der Waals surface area contributed by atoms with Crippen molar-refractivity contribution in [1.29, 1.82) is 0 Å². The number of para-hydroxylation sites is 1. The van der Waals surface area contributed by atoms with Gasteiger partial charge < -0.3 is 29.2 Å². The lowest BCUT2D eigenvalue weighted by Crippen LogP contribution is -2.47. The number of hydrogen-bond donors (Lipinski definition) is 1. The minimum Gasteiger partial charge on any atom is -0.493 e. The van der Waals surface area contributed by atoms with Crippen LogP contribution in [0.2, 0.25) is 0 Å². The van der Waals surface area contributed by atoms with Crippen molar-refractivity contribution in [3.63, 3.8) is 0 Å². The van der Waals surface area contributed by atoms with Crippen LogP contribution in [-0.4, -0.2) is 58.8 Å². The van der Waals surface area contributed by atoms with E-state index in [0.717, 1.165) is 43.2 Å². The maximum absolute atomic E-state index is 14.3. The number of rotatable bonds is 10. The number of nitrogens with zero attached hydrogens (tertiary/aromatic N) is 4. The Kier molecular flexibility index (Phi) is 8.30. The molecule has 0 saturated heterocycles. The average Bonchev–Trinajstić information content (AvgIpc) is 3.68. The fourth-order valence-electron chi connectivity index (χ4n) is 5.84. The highest BCUT2D eigenvalue weighted by Crippen LogP contribution is 2.36. The lowest BCUT2D eigenvalue weighted by Gasteiger charge is -2.34. The second-order valence-corrected chi connectivity index (χ2v) is 10.8. The van der Waals surface area contributed by atoms with Gasteiger partial charge in [-0.25, -0.2) is 4.68 Å². The van der Waals surface area contributed by atoms with Crippen LogP contribution >= 0.6 is 0 Å². The molecule has 3 aromatic carbocycles. The van der Waals surface area contributed by atoms with Gasteiger partial charge in [0.2, 0.25) is 18.6 Å². The summed E-state index contributed by atoms with van der Waals surface area (Å²) in [5, 5.41) is 11.7. The van der Waals surface area contributed by atoms with Crippen LogP contribution < -0.4 is 24.3 Å². The highest BCUT2D eigenvalue weighted by atomic mass is 16.7. The molecule has 1 fully saturated rings. The third-order valence-corrected chi connectivity index (χ3v) is 8.05. The fourth-order valence-corrected chi connectivity index (χ4v) is 5.84. The molecule has 0 radical (unpaired) electrons. The van der Waals surface area contributed by atoms with E-state index in [1.165, 1.54) is 0 Å². The quantitative estimate of drug-likeness (QED) is 0.291. The molecule has 0 bridgehead atoms. The van der Waals surface area contributed by atoms with Gasteiger partial charge in [0.05, 0.1) is 19.7 Å². The second kappa shape index (κ2) is 12.6. The Morgan fingerprint density at radius 3 is 2.58 bits per heavy atom. The highest BCUT2D eigenvalue weighted by Gasteiger charge is 2.34. The van der Waals surface area contributed by atoms with E-state index < -0.39 is 6.04 Å². The van der Waals surface area contributed by atoms with E-state index in [-0.39, 0.29) is 37.7 Å². The molecular formula is C32H35N5O6. The third kappa shape index (κ3) is 6.06. The molecule has 1 unspecified atom stereocenters. The molecule has 2 heterocycles. The van der Waals surface area contributed by atoms with Gasteiger partial charge >= 0.3 is 0 Å². The molecule has 11 heteroatoms. The number of benzene rings is 3. The van der Waals surface area contributed by atoms with Crippen molar-refractivity contribution in [2.45, 2.75) is 57.3 Å². The SMILES string of the molecule is COc1ccc(C(C(=O)NC2CCCCC2)N(Cc2ccc3c(c2)OCO3)C(=O)Cn2nnc3ccccc32)cc1OC. The predicted octanol–water partition coefficient (Wildman–Crippen LogP) is 4.40. The molecule has 1 atom stereocenters. The zero-order valence-electron chi connectivity index (χ0n) is 24.3. The Hall–Kier alpha value is -4.80. The van der Waals surface area contributed by atoms with E-state index in [9.17, 15) is 9.59 Å². The lowest BCUT2D eigenvalue weighted by molar-refractivity contribution is -0.142. The summed E-state index contributed by atoms with van der Waals surface area (Å²) in [4.78, 5) is 30.2. The molecule has 6 rings (SSSR count). The highest BCUT2D eigenvalue weighted by molar-refractivity contribution is 5.89. The summed E-state index contributed by atoms with van der Waals surface area (Å²) in [6, 6.07) is 17.4. The van der Waals surface area contributed by atoms with E-state index in [1.54, 1.807) is 42.0 Å². The number of carbonyl (C=O) groups is 2. The summed E-state index contributed by atoms with van der Waals surface area (Å²) in [5.74, 6) is 1.68. The lowest BCUT2D eigenvalue weighted by atomic mass is 9.94. The summed E-state index contributed by atoms with van der Waals surface area (Å²) >= 11 is 0. The number of nitrogens with one attached hydrogen (secondary N) is 1. The van der Waals surface area contributed by atoms with Gasteiger partial charge in [0.25, 0.3) is 0 Å². The molecule has 43 heavy (non-hydrogen) atoms. The van der Waals surface area contributed by atoms with Gasteiger partial charge in [0.1, 0.15) is 18.1 Å². The second-order valence-electron chi connectivity index (χ2n) is 10.8. The number of fused-ring (bicyclic) bond motifs is 2. The van der Waals surface area contributed by atoms with Crippen molar-refractivity contribution in [2.24, 2.45) is 0 Å². The van der Waals surface area contributed by atoms with Crippen molar-refractivity contribution in [3.8, 4) is 23.0 Å². The van der Waals surface area contributed by atoms with Crippen LogP contribution in [0.15, 0.2) is 60.7 Å². The Balaban J connectivity index is 1.41. The molecule has 1 aromatic heterocycles. The van der Waals surface area contributed by atoms with Crippen LogP contribution in [0.4, 0.5) is 0 Å². The largest absolute Gasteiger partial charge is 0.493 e. The Bertz CT molecular complexity index is 1620. The molecule has 1 saturated carbocycles. The van der Waals surface area contributed by atoms with Crippen molar-refractivity contribution in [3.05, 3.63) is 71.8 Å². The molecule has 224 valence electrons. The van der Waals surface area contributed by atoms with Gasteiger partial charge in [-0.15, -0.1) is 5.10 Å². The Morgan fingerprint density at radius 1 is 0.977 bits per heavy atom. The molecule has 4 aromatic rings. The van der Waals surface area contributed by atoms with E-state index in [1.807, 2.05) is 42.5 Å². The first-order valence-electron chi connectivity index (χ1n) is 14.5. The molecule has 1 N–H and O–H groups in total. The summed E-state index contributed by atoms with van der Waals surface area (Å²) in [6.07, 6.45) is 5.10. The van der Waals surface area contributed by atoms with Crippen LogP contribution in [-0.2, 0) is 22.7 Å². The van der Waals surface area contributed by atoms with Crippen molar-refractivity contribution < 1.29 is 28.5 Å². The Morgan fingerprint density at radius 2 is 1.77 bits per heavy atom. The van der Waals surface area contributed by atoms with Crippen molar-refractivity contribution in [1.82, 2.24) is 25.2 Å². The molecule has 2 amide bonds. The summed E-state index contributed by atoms with van der Waals surface area (Å²) < 4.78 is 23.7.